The van der Waals surface area contributed by atoms with Crippen molar-refractivity contribution in [3.05, 3.63) is 55.0 Å². The van der Waals surface area contributed by atoms with Crippen LogP contribution in [0.15, 0.2) is 42.7 Å². The SMILES string of the molecule is CC(C)(C)SC(c1ccccc1)N1[CH]N(C(C)(C)C)C=C1. The Bertz CT molecular complexity index is 482. The van der Waals surface area contributed by atoms with E-state index in [1.807, 2.05) is 11.8 Å². The summed E-state index contributed by atoms with van der Waals surface area (Å²) in [6.07, 6.45) is 4.35. The Morgan fingerprint density at radius 3 is 2.00 bits per heavy atom. The molecular weight excluding hydrogens is 276 g/mol. The van der Waals surface area contributed by atoms with Crippen LogP contribution in [0.3, 0.4) is 0 Å². The molecule has 2 rings (SSSR count). The predicted molar refractivity (Wildman–Crippen MR) is 93.4 cm³/mol. The van der Waals surface area contributed by atoms with Gasteiger partial charge in [0.15, 0.2) is 0 Å². The van der Waals surface area contributed by atoms with Crippen LogP contribution in [0.2, 0.25) is 0 Å². The van der Waals surface area contributed by atoms with Crippen molar-refractivity contribution in [2.45, 2.75) is 57.2 Å². The third-order valence-corrected chi connectivity index (χ3v) is 4.70. The first kappa shape index (κ1) is 16.3. The molecule has 0 aliphatic carbocycles. The Kier molecular flexibility index (Phi) is 4.62. The maximum Gasteiger partial charge on any atom is 0.143 e. The third kappa shape index (κ3) is 4.44. The van der Waals surface area contributed by atoms with Crippen molar-refractivity contribution < 1.29 is 0 Å². The lowest BCUT2D eigenvalue weighted by Gasteiger charge is -2.36. The second kappa shape index (κ2) is 5.96. The van der Waals surface area contributed by atoms with Gasteiger partial charge in [0, 0.05) is 22.7 Å². The Balaban J connectivity index is 2.20. The summed E-state index contributed by atoms with van der Waals surface area (Å²) in [7, 11) is 0. The fourth-order valence-electron chi connectivity index (χ4n) is 2.16. The molecule has 1 unspecified atom stereocenters. The number of thioether (sulfide) groups is 1. The van der Waals surface area contributed by atoms with Crippen LogP contribution >= 0.6 is 11.8 Å². The zero-order chi connectivity index (χ0) is 15.7. The molecule has 0 spiro atoms. The number of nitrogens with zero attached hydrogens (tertiary/aromatic N) is 2. The number of hydrogen-bond donors (Lipinski definition) is 0. The van der Waals surface area contributed by atoms with Crippen molar-refractivity contribution in [3.8, 4) is 0 Å². The van der Waals surface area contributed by atoms with Crippen LogP contribution in [0.1, 0.15) is 52.5 Å². The van der Waals surface area contributed by atoms with Crippen LogP contribution < -0.4 is 0 Å². The summed E-state index contributed by atoms with van der Waals surface area (Å²) < 4.78 is 0.206. The van der Waals surface area contributed by atoms with Gasteiger partial charge in [0.1, 0.15) is 12.0 Å². The molecule has 0 N–H and O–H groups in total. The molecule has 115 valence electrons. The number of hydrogen-bond acceptors (Lipinski definition) is 3. The largest absolute Gasteiger partial charge is 0.348 e. The average Bonchev–Trinajstić information content (AvgIpc) is 2.85. The van der Waals surface area contributed by atoms with Gasteiger partial charge in [-0.15, -0.1) is 11.8 Å². The highest BCUT2D eigenvalue weighted by molar-refractivity contribution is 8.00. The van der Waals surface area contributed by atoms with Crippen LogP contribution in [-0.2, 0) is 0 Å². The van der Waals surface area contributed by atoms with Crippen molar-refractivity contribution >= 4 is 11.8 Å². The molecule has 0 amide bonds. The Hall–Kier alpha value is -1.09. The average molecular weight is 303 g/mol. The summed E-state index contributed by atoms with van der Waals surface area (Å²) in [5, 5.41) is 0.301. The number of benzene rings is 1. The minimum absolute atomic E-state index is 0.110. The second-order valence-electron chi connectivity index (χ2n) is 7.43. The van der Waals surface area contributed by atoms with Gasteiger partial charge in [0.2, 0.25) is 0 Å². The maximum absolute atomic E-state index is 2.32. The van der Waals surface area contributed by atoms with Gasteiger partial charge >= 0.3 is 0 Å². The van der Waals surface area contributed by atoms with E-state index in [9.17, 15) is 0 Å². The maximum atomic E-state index is 2.32. The highest BCUT2D eigenvalue weighted by atomic mass is 32.2. The molecule has 0 saturated heterocycles. The van der Waals surface area contributed by atoms with Crippen LogP contribution in [0.5, 0.6) is 0 Å². The summed E-state index contributed by atoms with van der Waals surface area (Å²) in [5.41, 5.74) is 1.45. The standard InChI is InChI=1S/C18H27N2S/c1-17(2,3)20-13-12-19(14-20)16(21-18(4,5)6)15-10-8-7-9-11-15/h7-14,16H,1-6H3. The molecule has 2 nitrogen and oxygen atoms in total. The van der Waals surface area contributed by atoms with E-state index < -0.39 is 0 Å². The van der Waals surface area contributed by atoms with Gasteiger partial charge in [-0.05, 0) is 26.3 Å². The fourth-order valence-corrected chi connectivity index (χ4v) is 3.37. The van der Waals surface area contributed by atoms with E-state index in [1.165, 1.54) is 5.56 Å². The smallest absolute Gasteiger partial charge is 0.143 e. The third-order valence-electron chi connectivity index (χ3n) is 3.25. The van der Waals surface area contributed by atoms with Crippen molar-refractivity contribution in [3.63, 3.8) is 0 Å². The van der Waals surface area contributed by atoms with E-state index in [0.717, 1.165) is 0 Å². The van der Waals surface area contributed by atoms with Gasteiger partial charge in [-0.25, -0.2) is 0 Å². The Morgan fingerprint density at radius 1 is 0.905 bits per heavy atom. The molecule has 0 bridgehead atoms. The first-order chi connectivity index (χ1) is 9.67. The lowest BCUT2D eigenvalue weighted by Crippen LogP contribution is -2.36. The summed E-state index contributed by atoms with van der Waals surface area (Å²) in [4.78, 5) is 4.59. The molecule has 1 aromatic carbocycles. The van der Waals surface area contributed by atoms with E-state index in [1.54, 1.807) is 0 Å². The van der Waals surface area contributed by atoms with Gasteiger partial charge < -0.3 is 9.80 Å². The monoisotopic (exact) mass is 303 g/mol. The molecule has 1 aliphatic rings. The first-order valence-electron chi connectivity index (χ1n) is 7.49. The van der Waals surface area contributed by atoms with E-state index >= 15 is 0 Å². The predicted octanol–water partition coefficient (Wildman–Crippen LogP) is 5.22. The van der Waals surface area contributed by atoms with E-state index in [0.29, 0.717) is 5.37 Å². The molecule has 21 heavy (non-hydrogen) atoms. The molecule has 0 fully saturated rings. The van der Waals surface area contributed by atoms with Crippen molar-refractivity contribution in [1.82, 2.24) is 9.80 Å². The van der Waals surface area contributed by atoms with Gasteiger partial charge in [-0.1, -0.05) is 51.1 Å². The fraction of sp³-hybridized carbons (Fsp3) is 0.500. The first-order valence-corrected chi connectivity index (χ1v) is 8.37. The van der Waals surface area contributed by atoms with E-state index in [-0.39, 0.29) is 10.3 Å². The highest BCUT2D eigenvalue weighted by Crippen LogP contribution is 2.43. The van der Waals surface area contributed by atoms with Crippen molar-refractivity contribution in [2.75, 3.05) is 0 Å². The van der Waals surface area contributed by atoms with Crippen LogP contribution in [0, 0.1) is 6.67 Å². The Morgan fingerprint density at radius 2 is 1.52 bits per heavy atom. The van der Waals surface area contributed by atoms with Crippen molar-refractivity contribution in [1.29, 1.82) is 0 Å². The molecule has 0 aromatic heterocycles. The van der Waals surface area contributed by atoms with Crippen LogP contribution in [0.25, 0.3) is 0 Å². The molecule has 1 aliphatic heterocycles. The molecule has 1 radical (unpaired) electrons. The minimum Gasteiger partial charge on any atom is -0.348 e. The number of rotatable bonds is 3. The molecule has 1 aromatic rings. The topological polar surface area (TPSA) is 6.48 Å². The lowest BCUT2D eigenvalue weighted by molar-refractivity contribution is 0.213. The van der Waals surface area contributed by atoms with Gasteiger partial charge in [-0.2, -0.15) is 0 Å². The van der Waals surface area contributed by atoms with E-state index in [2.05, 4.69) is 101 Å². The minimum atomic E-state index is 0.110. The summed E-state index contributed by atoms with van der Waals surface area (Å²) >= 11 is 1.98. The zero-order valence-electron chi connectivity index (χ0n) is 14.0. The molecule has 3 heteroatoms. The Labute approximate surface area is 134 Å². The van der Waals surface area contributed by atoms with Gasteiger partial charge in [0.05, 0.1) is 0 Å². The van der Waals surface area contributed by atoms with Gasteiger partial charge in [-0.3, -0.25) is 0 Å². The lowest BCUT2D eigenvalue weighted by atomic mass is 10.1. The molecule has 1 atom stereocenters. The normalized spacial score (nSPS) is 17.4. The quantitative estimate of drug-likeness (QED) is 0.755. The molecule has 1 heterocycles. The van der Waals surface area contributed by atoms with Crippen LogP contribution in [0.4, 0.5) is 0 Å². The van der Waals surface area contributed by atoms with Crippen molar-refractivity contribution in [2.24, 2.45) is 0 Å². The summed E-state index contributed by atoms with van der Waals surface area (Å²) in [6.45, 7) is 15.7. The van der Waals surface area contributed by atoms with Crippen LogP contribution in [-0.4, -0.2) is 20.1 Å². The molecular formula is C18H27N2S. The zero-order valence-corrected chi connectivity index (χ0v) is 14.8. The summed E-state index contributed by atoms with van der Waals surface area (Å²) in [5.74, 6) is 0. The molecule has 0 saturated carbocycles. The summed E-state index contributed by atoms with van der Waals surface area (Å²) in [6, 6.07) is 10.7. The second-order valence-corrected chi connectivity index (χ2v) is 9.34. The van der Waals surface area contributed by atoms with Gasteiger partial charge in [0.25, 0.3) is 0 Å². The van der Waals surface area contributed by atoms with E-state index in [4.69, 9.17) is 0 Å². The highest BCUT2D eigenvalue weighted by Gasteiger charge is 2.31.